The average Bonchev–Trinajstić information content (AvgIpc) is 3.20. The Labute approximate surface area is 196 Å². The van der Waals surface area contributed by atoms with Gasteiger partial charge in [0.05, 0.1) is 12.3 Å². The normalized spacial score (nSPS) is 10.8. The van der Waals surface area contributed by atoms with Crippen LogP contribution in [0.2, 0.25) is 0 Å². The van der Waals surface area contributed by atoms with Gasteiger partial charge in [0.25, 0.3) is 0 Å². The minimum absolute atomic E-state index is 0.112. The highest BCUT2D eigenvalue weighted by atomic mass is 32.2. The van der Waals surface area contributed by atoms with Crippen LogP contribution in [-0.4, -0.2) is 26.4 Å². The maximum absolute atomic E-state index is 13.2. The molecule has 0 atom stereocenters. The quantitative estimate of drug-likeness (QED) is 0.345. The highest BCUT2D eigenvalue weighted by molar-refractivity contribution is 7.99. The van der Waals surface area contributed by atoms with Gasteiger partial charge in [-0.05, 0) is 73.5 Å². The number of hydrogen-bond donors (Lipinski definition) is 2. The summed E-state index contributed by atoms with van der Waals surface area (Å²) in [6, 6.07) is 21.8. The molecule has 168 valence electrons. The molecule has 2 N–H and O–H groups in total. The first-order valence-corrected chi connectivity index (χ1v) is 11.5. The SMILES string of the molecule is Cc1cc(C)cc(NC(=O)CSc2nnc(CNc3ccc(F)cc3)n2-c2ccccc2)c1. The Bertz CT molecular complexity index is 1220. The van der Waals surface area contributed by atoms with Gasteiger partial charge in [-0.3, -0.25) is 9.36 Å². The van der Waals surface area contributed by atoms with Crippen molar-refractivity contribution in [2.45, 2.75) is 25.5 Å². The Morgan fingerprint density at radius 2 is 1.64 bits per heavy atom. The zero-order valence-electron chi connectivity index (χ0n) is 18.4. The van der Waals surface area contributed by atoms with Crippen LogP contribution in [0.3, 0.4) is 0 Å². The van der Waals surface area contributed by atoms with Gasteiger partial charge in [0.15, 0.2) is 11.0 Å². The third-order valence-electron chi connectivity index (χ3n) is 4.85. The number of nitrogens with one attached hydrogen (secondary N) is 2. The monoisotopic (exact) mass is 461 g/mol. The van der Waals surface area contributed by atoms with E-state index in [9.17, 15) is 9.18 Å². The summed E-state index contributed by atoms with van der Waals surface area (Å²) < 4.78 is 15.1. The van der Waals surface area contributed by atoms with Crippen molar-refractivity contribution in [1.82, 2.24) is 14.8 Å². The number of aryl methyl sites for hydroxylation is 2. The third-order valence-corrected chi connectivity index (χ3v) is 5.78. The highest BCUT2D eigenvalue weighted by Gasteiger charge is 2.16. The summed E-state index contributed by atoms with van der Waals surface area (Å²) in [6.07, 6.45) is 0. The van der Waals surface area contributed by atoms with Crippen molar-refractivity contribution < 1.29 is 9.18 Å². The summed E-state index contributed by atoms with van der Waals surface area (Å²) in [7, 11) is 0. The predicted octanol–water partition coefficient (Wildman–Crippen LogP) is 5.37. The fourth-order valence-electron chi connectivity index (χ4n) is 3.47. The summed E-state index contributed by atoms with van der Waals surface area (Å²) in [5.74, 6) is 0.482. The van der Waals surface area contributed by atoms with E-state index < -0.39 is 0 Å². The van der Waals surface area contributed by atoms with Crippen LogP contribution in [0.1, 0.15) is 17.0 Å². The van der Waals surface area contributed by atoms with E-state index in [2.05, 4.69) is 26.9 Å². The predicted molar refractivity (Wildman–Crippen MR) is 130 cm³/mol. The average molecular weight is 462 g/mol. The summed E-state index contributed by atoms with van der Waals surface area (Å²) in [6.45, 7) is 4.39. The number of halogens is 1. The molecule has 1 aromatic heterocycles. The first kappa shape index (κ1) is 22.5. The molecular formula is C25H24FN5OS. The summed E-state index contributed by atoms with van der Waals surface area (Å²) in [5, 5.41) is 15.5. The fraction of sp³-hybridized carbons (Fsp3) is 0.160. The van der Waals surface area contributed by atoms with E-state index >= 15 is 0 Å². The van der Waals surface area contributed by atoms with Gasteiger partial charge in [-0.1, -0.05) is 36.0 Å². The second-order valence-electron chi connectivity index (χ2n) is 7.64. The summed E-state index contributed by atoms with van der Waals surface area (Å²) in [5.41, 5.74) is 4.66. The van der Waals surface area contributed by atoms with Crippen molar-refractivity contribution in [3.63, 3.8) is 0 Å². The number of amides is 1. The molecule has 8 heteroatoms. The number of anilines is 2. The highest BCUT2D eigenvalue weighted by Crippen LogP contribution is 2.23. The van der Waals surface area contributed by atoms with Crippen LogP contribution < -0.4 is 10.6 Å². The molecule has 4 aromatic rings. The van der Waals surface area contributed by atoms with Crippen molar-refractivity contribution in [2.75, 3.05) is 16.4 Å². The van der Waals surface area contributed by atoms with E-state index in [1.165, 1.54) is 23.9 Å². The lowest BCUT2D eigenvalue weighted by Gasteiger charge is -2.12. The van der Waals surface area contributed by atoms with Gasteiger partial charge in [-0.15, -0.1) is 10.2 Å². The molecule has 4 rings (SSSR count). The standard InChI is InChI=1S/C25H24FN5OS/c1-17-12-18(2)14-21(13-17)28-24(32)16-33-25-30-29-23(31(25)22-6-4-3-5-7-22)15-27-20-10-8-19(26)9-11-20/h3-14,27H,15-16H2,1-2H3,(H,28,32). The second-order valence-corrected chi connectivity index (χ2v) is 8.59. The van der Waals surface area contributed by atoms with Crippen molar-refractivity contribution >= 4 is 29.0 Å². The van der Waals surface area contributed by atoms with Gasteiger partial charge in [-0.25, -0.2) is 4.39 Å². The van der Waals surface area contributed by atoms with E-state index in [0.717, 1.165) is 28.2 Å². The number of carbonyl (C=O) groups is 1. The number of nitrogens with zero attached hydrogens (tertiary/aromatic N) is 3. The largest absolute Gasteiger partial charge is 0.378 e. The molecule has 0 unspecified atom stereocenters. The lowest BCUT2D eigenvalue weighted by molar-refractivity contribution is -0.113. The van der Waals surface area contributed by atoms with Crippen LogP contribution in [0.4, 0.5) is 15.8 Å². The van der Waals surface area contributed by atoms with Crippen LogP contribution in [0.15, 0.2) is 78.0 Å². The number of rotatable bonds is 8. The van der Waals surface area contributed by atoms with Gasteiger partial charge >= 0.3 is 0 Å². The lowest BCUT2D eigenvalue weighted by atomic mass is 10.1. The van der Waals surface area contributed by atoms with Crippen molar-refractivity contribution in [3.8, 4) is 5.69 Å². The van der Waals surface area contributed by atoms with Crippen LogP contribution in [0, 0.1) is 19.7 Å². The van der Waals surface area contributed by atoms with E-state index in [-0.39, 0.29) is 17.5 Å². The minimum Gasteiger partial charge on any atom is -0.378 e. The summed E-state index contributed by atoms with van der Waals surface area (Å²) in [4.78, 5) is 12.6. The zero-order chi connectivity index (χ0) is 23.2. The van der Waals surface area contributed by atoms with Crippen molar-refractivity contribution in [1.29, 1.82) is 0 Å². The Kier molecular flexibility index (Phi) is 7.04. The second kappa shape index (κ2) is 10.3. The molecule has 1 amide bonds. The van der Waals surface area contributed by atoms with Crippen LogP contribution in [-0.2, 0) is 11.3 Å². The molecule has 0 spiro atoms. The maximum Gasteiger partial charge on any atom is 0.234 e. The molecule has 0 saturated heterocycles. The fourth-order valence-corrected chi connectivity index (χ4v) is 4.24. The van der Waals surface area contributed by atoms with Gasteiger partial charge in [-0.2, -0.15) is 0 Å². The summed E-state index contributed by atoms with van der Waals surface area (Å²) >= 11 is 1.32. The van der Waals surface area contributed by atoms with Crippen LogP contribution in [0.25, 0.3) is 5.69 Å². The Balaban J connectivity index is 1.49. The van der Waals surface area contributed by atoms with Crippen molar-refractivity contribution in [3.05, 3.63) is 95.6 Å². The lowest BCUT2D eigenvalue weighted by Crippen LogP contribution is -2.15. The molecule has 1 heterocycles. The molecule has 0 saturated carbocycles. The first-order chi connectivity index (χ1) is 16.0. The molecule has 6 nitrogen and oxygen atoms in total. The number of para-hydroxylation sites is 1. The number of carbonyl (C=O) groups excluding carboxylic acids is 1. The first-order valence-electron chi connectivity index (χ1n) is 10.5. The third kappa shape index (κ3) is 5.98. The van der Waals surface area contributed by atoms with Gasteiger partial charge in [0.2, 0.25) is 5.91 Å². The Morgan fingerprint density at radius 3 is 2.33 bits per heavy atom. The van der Waals surface area contributed by atoms with E-state index in [4.69, 9.17) is 0 Å². The van der Waals surface area contributed by atoms with Crippen LogP contribution >= 0.6 is 11.8 Å². The molecule has 0 fully saturated rings. The molecular weight excluding hydrogens is 437 g/mol. The number of thioether (sulfide) groups is 1. The smallest absolute Gasteiger partial charge is 0.234 e. The number of hydrogen-bond acceptors (Lipinski definition) is 5. The van der Waals surface area contributed by atoms with E-state index in [1.54, 1.807) is 12.1 Å². The van der Waals surface area contributed by atoms with E-state index in [1.807, 2.05) is 60.9 Å². The minimum atomic E-state index is -0.286. The molecule has 0 aliphatic rings. The molecule has 3 aromatic carbocycles. The molecule has 0 aliphatic carbocycles. The number of benzene rings is 3. The molecule has 0 aliphatic heterocycles. The zero-order valence-corrected chi connectivity index (χ0v) is 19.2. The van der Waals surface area contributed by atoms with Crippen LogP contribution in [0.5, 0.6) is 0 Å². The molecule has 0 bridgehead atoms. The van der Waals surface area contributed by atoms with Crippen molar-refractivity contribution in [2.24, 2.45) is 0 Å². The Morgan fingerprint density at radius 1 is 0.939 bits per heavy atom. The Hall–Kier alpha value is -3.65. The number of aromatic nitrogens is 3. The van der Waals surface area contributed by atoms with E-state index in [0.29, 0.717) is 17.5 Å². The van der Waals surface area contributed by atoms with Gasteiger partial charge in [0, 0.05) is 17.1 Å². The molecule has 33 heavy (non-hydrogen) atoms. The van der Waals surface area contributed by atoms with Gasteiger partial charge in [0.1, 0.15) is 5.82 Å². The maximum atomic E-state index is 13.2. The van der Waals surface area contributed by atoms with Gasteiger partial charge < -0.3 is 10.6 Å². The topological polar surface area (TPSA) is 71.8 Å². The molecule has 0 radical (unpaired) electrons.